The lowest BCUT2D eigenvalue weighted by Gasteiger charge is -2.34. The molecule has 2 atom stereocenters. The SMILES string of the molecule is CC1CN(S(=O)(=O)c2ccc(C(=O)Nc3ncccc3OCc3ccncc3)cc2)CC(C)O1. The maximum absolute atomic E-state index is 13.0. The lowest BCUT2D eigenvalue weighted by molar-refractivity contribution is -0.0440. The molecule has 1 saturated heterocycles. The predicted molar refractivity (Wildman–Crippen MR) is 126 cm³/mol. The first-order valence-corrected chi connectivity index (χ1v) is 12.3. The second-order valence-electron chi connectivity index (χ2n) is 8.05. The molecule has 34 heavy (non-hydrogen) atoms. The van der Waals surface area contributed by atoms with E-state index in [1.807, 2.05) is 26.0 Å². The van der Waals surface area contributed by atoms with Gasteiger partial charge in [0.15, 0.2) is 11.6 Å². The van der Waals surface area contributed by atoms with Crippen LogP contribution in [0.3, 0.4) is 0 Å². The minimum absolute atomic E-state index is 0.129. The number of rotatable bonds is 7. The van der Waals surface area contributed by atoms with Crippen molar-refractivity contribution in [3.8, 4) is 5.75 Å². The summed E-state index contributed by atoms with van der Waals surface area (Å²) in [7, 11) is -3.68. The van der Waals surface area contributed by atoms with Crippen molar-refractivity contribution < 1.29 is 22.7 Å². The van der Waals surface area contributed by atoms with Crippen molar-refractivity contribution in [1.82, 2.24) is 14.3 Å². The molecule has 3 aromatic rings. The minimum Gasteiger partial charge on any atom is -0.485 e. The van der Waals surface area contributed by atoms with Crippen LogP contribution >= 0.6 is 0 Å². The number of nitrogens with zero attached hydrogens (tertiary/aromatic N) is 3. The average Bonchev–Trinajstić information content (AvgIpc) is 2.83. The number of aromatic nitrogens is 2. The highest BCUT2D eigenvalue weighted by Crippen LogP contribution is 2.24. The van der Waals surface area contributed by atoms with E-state index in [1.165, 1.54) is 28.6 Å². The standard InChI is InChI=1S/C24H26N4O5S/c1-17-14-28(15-18(2)33-17)34(30,31)21-7-5-20(6-8-21)24(29)27-23-22(4-3-11-26-23)32-16-19-9-12-25-13-10-19/h3-13,17-18H,14-16H2,1-2H3,(H,26,27,29). The molecule has 1 aromatic carbocycles. The van der Waals surface area contributed by atoms with Gasteiger partial charge in [0, 0.05) is 37.2 Å². The number of amides is 1. The van der Waals surface area contributed by atoms with Gasteiger partial charge in [-0.05, 0) is 67.9 Å². The molecule has 10 heteroatoms. The maximum Gasteiger partial charge on any atom is 0.256 e. The summed E-state index contributed by atoms with van der Waals surface area (Å²) in [5.41, 5.74) is 1.23. The van der Waals surface area contributed by atoms with Crippen molar-refractivity contribution in [2.45, 2.75) is 37.6 Å². The first kappa shape index (κ1) is 23.8. The van der Waals surface area contributed by atoms with E-state index >= 15 is 0 Å². The largest absolute Gasteiger partial charge is 0.485 e. The van der Waals surface area contributed by atoms with Crippen molar-refractivity contribution in [3.63, 3.8) is 0 Å². The number of ether oxygens (including phenoxy) is 2. The van der Waals surface area contributed by atoms with Gasteiger partial charge in [0.05, 0.1) is 17.1 Å². The van der Waals surface area contributed by atoms with E-state index in [0.29, 0.717) is 17.9 Å². The molecule has 9 nitrogen and oxygen atoms in total. The molecule has 1 aliphatic heterocycles. The molecule has 1 amide bonds. The Balaban J connectivity index is 1.44. The summed E-state index contributed by atoms with van der Waals surface area (Å²) in [5.74, 6) is 0.266. The van der Waals surface area contributed by atoms with Crippen LogP contribution in [0.2, 0.25) is 0 Å². The summed E-state index contributed by atoms with van der Waals surface area (Å²) >= 11 is 0. The van der Waals surface area contributed by atoms with Crippen LogP contribution in [-0.4, -0.2) is 53.9 Å². The molecule has 1 aliphatic rings. The van der Waals surface area contributed by atoms with Crippen LogP contribution < -0.4 is 10.1 Å². The monoisotopic (exact) mass is 482 g/mol. The summed E-state index contributed by atoms with van der Waals surface area (Å²) in [4.78, 5) is 21.1. The zero-order chi connectivity index (χ0) is 24.1. The number of carbonyl (C=O) groups is 1. The number of sulfonamides is 1. The highest BCUT2D eigenvalue weighted by molar-refractivity contribution is 7.89. The fourth-order valence-electron chi connectivity index (χ4n) is 3.68. The van der Waals surface area contributed by atoms with Crippen molar-refractivity contribution in [2.75, 3.05) is 18.4 Å². The summed E-state index contributed by atoms with van der Waals surface area (Å²) < 4.78 is 38.9. The third-order valence-corrected chi connectivity index (χ3v) is 7.13. The Morgan fingerprint density at radius 1 is 1.06 bits per heavy atom. The molecule has 2 unspecified atom stereocenters. The van der Waals surface area contributed by atoms with E-state index in [1.54, 1.807) is 30.7 Å². The highest BCUT2D eigenvalue weighted by Gasteiger charge is 2.32. The van der Waals surface area contributed by atoms with Crippen molar-refractivity contribution in [1.29, 1.82) is 0 Å². The summed E-state index contributed by atoms with van der Waals surface area (Å²) in [6, 6.07) is 12.9. The van der Waals surface area contributed by atoms with Crippen LogP contribution in [0.1, 0.15) is 29.8 Å². The zero-order valence-corrected chi connectivity index (χ0v) is 19.7. The van der Waals surface area contributed by atoms with Crippen LogP contribution in [0, 0.1) is 0 Å². The van der Waals surface area contributed by atoms with Gasteiger partial charge in [0.25, 0.3) is 5.91 Å². The van der Waals surface area contributed by atoms with Gasteiger partial charge in [-0.25, -0.2) is 13.4 Å². The van der Waals surface area contributed by atoms with Crippen molar-refractivity contribution in [3.05, 3.63) is 78.2 Å². The molecule has 3 heterocycles. The van der Waals surface area contributed by atoms with Crippen LogP contribution in [-0.2, 0) is 21.4 Å². The number of benzene rings is 1. The molecular formula is C24H26N4O5S. The number of morpholine rings is 1. The van der Waals surface area contributed by atoms with Crippen LogP contribution in [0.15, 0.2) is 72.0 Å². The van der Waals surface area contributed by atoms with E-state index in [-0.39, 0.29) is 36.0 Å². The number of nitrogens with one attached hydrogen (secondary N) is 1. The first-order chi connectivity index (χ1) is 16.3. The molecule has 0 aliphatic carbocycles. The Kier molecular flexibility index (Phi) is 7.20. The minimum atomic E-state index is -3.68. The maximum atomic E-state index is 13.0. The molecule has 0 saturated carbocycles. The highest BCUT2D eigenvalue weighted by atomic mass is 32.2. The van der Waals surface area contributed by atoms with Crippen molar-refractivity contribution in [2.24, 2.45) is 0 Å². The van der Waals surface area contributed by atoms with Gasteiger partial charge in [-0.2, -0.15) is 4.31 Å². The third kappa shape index (κ3) is 5.58. The number of pyridine rings is 2. The van der Waals surface area contributed by atoms with Crippen LogP contribution in [0.5, 0.6) is 5.75 Å². The average molecular weight is 483 g/mol. The second-order valence-corrected chi connectivity index (χ2v) is 9.99. The number of hydrogen-bond donors (Lipinski definition) is 1. The smallest absolute Gasteiger partial charge is 0.256 e. The van der Waals surface area contributed by atoms with Crippen LogP contribution in [0.4, 0.5) is 5.82 Å². The number of carbonyl (C=O) groups excluding carboxylic acids is 1. The normalized spacial score (nSPS) is 18.9. The third-order valence-electron chi connectivity index (χ3n) is 5.29. The molecule has 1 fully saturated rings. The van der Waals surface area contributed by atoms with E-state index in [9.17, 15) is 13.2 Å². The Bertz CT molecular complexity index is 1230. The molecule has 0 bridgehead atoms. The summed E-state index contributed by atoms with van der Waals surface area (Å²) in [6.45, 7) is 4.56. The number of hydrogen-bond acceptors (Lipinski definition) is 7. The van der Waals surface area contributed by atoms with Gasteiger partial charge in [0.2, 0.25) is 10.0 Å². The Labute approximate surface area is 198 Å². The van der Waals surface area contributed by atoms with Gasteiger partial charge in [0.1, 0.15) is 6.61 Å². The van der Waals surface area contributed by atoms with Gasteiger partial charge in [-0.3, -0.25) is 9.78 Å². The summed E-state index contributed by atoms with van der Waals surface area (Å²) in [6.07, 6.45) is 4.53. The molecule has 0 spiro atoms. The molecule has 4 rings (SSSR count). The second kappa shape index (κ2) is 10.3. The topological polar surface area (TPSA) is 111 Å². The van der Waals surface area contributed by atoms with Gasteiger partial charge < -0.3 is 14.8 Å². The molecule has 1 N–H and O–H groups in total. The van der Waals surface area contributed by atoms with Gasteiger partial charge >= 0.3 is 0 Å². The molecule has 2 aromatic heterocycles. The van der Waals surface area contributed by atoms with Gasteiger partial charge in [-0.1, -0.05) is 0 Å². The van der Waals surface area contributed by atoms with E-state index in [2.05, 4.69) is 15.3 Å². The predicted octanol–water partition coefficient (Wildman–Crippen LogP) is 3.11. The van der Waals surface area contributed by atoms with E-state index < -0.39 is 15.9 Å². The Morgan fingerprint density at radius 3 is 2.41 bits per heavy atom. The molecule has 178 valence electrons. The van der Waals surface area contributed by atoms with Crippen LogP contribution in [0.25, 0.3) is 0 Å². The fraction of sp³-hybridized carbons (Fsp3) is 0.292. The van der Waals surface area contributed by atoms with Crippen molar-refractivity contribution >= 4 is 21.7 Å². The lowest BCUT2D eigenvalue weighted by atomic mass is 10.2. The fourth-order valence-corrected chi connectivity index (χ4v) is 5.27. The van der Waals surface area contributed by atoms with E-state index in [4.69, 9.17) is 9.47 Å². The first-order valence-electron chi connectivity index (χ1n) is 10.9. The summed E-state index contributed by atoms with van der Waals surface area (Å²) in [5, 5.41) is 2.73. The Hall–Kier alpha value is -3.34. The Morgan fingerprint density at radius 2 is 1.74 bits per heavy atom. The lowest BCUT2D eigenvalue weighted by Crippen LogP contribution is -2.48. The quantitative estimate of drug-likeness (QED) is 0.551. The molecular weight excluding hydrogens is 456 g/mol. The van der Waals surface area contributed by atoms with E-state index in [0.717, 1.165) is 5.56 Å². The number of anilines is 1. The molecule has 0 radical (unpaired) electrons. The van der Waals surface area contributed by atoms with Gasteiger partial charge in [-0.15, -0.1) is 0 Å². The zero-order valence-electron chi connectivity index (χ0n) is 18.9.